The lowest BCUT2D eigenvalue weighted by Gasteiger charge is -2.10. The normalized spacial score (nSPS) is 11.1. The van der Waals surface area contributed by atoms with Crippen LogP contribution in [0.15, 0.2) is 45.6 Å². The molecule has 0 aliphatic rings. The third kappa shape index (κ3) is 3.68. The Hall–Kier alpha value is -2.12. The first-order valence-electron chi connectivity index (χ1n) is 7.64. The van der Waals surface area contributed by atoms with Gasteiger partial charge in [0.15, 0.2) is 10.3 Å². The smallest absolute Gasteiger partial charge is 0.268 e. The molecule has 3 aromatic rings. The zero-order valence-electron chi connectivity index (χ0n) is 13.3. The summed E-state index contributed by atoms with van der Waals surface area (Å²) in [6, 6.07) is 9.36. The van der Waals surface area contributed by atoms with Crippen molar-refractivity contribution in [3.63, 3.8) is 0 Å². The Balaban J connectivity index is 1.72. The number of carbonyl (C=O) groups excluding carboxylic acids is 1. The summed E-state index contributed by atoms with van der Waals surface area (Å²) in [5.41, 5.74) is 3.06. The topological polar surface area (TPSA) is 69.3 Å². The number of furan rings is 1. The van der Waals surface area contributed by atoms with E-state index in [4.69, 9.17) is 9.15 Å². The summed E-state index contributed by atoms with van der Waals surface area (Å²) in [5.74, 6) is -0.135. The van der Waals surface area contributed by atoms with Crippen molar-refractivity contribution in [3.05, 3.63) is 52.6 Å². The second-order valence-electron chi connectivity index (χ2n) is 5.30. The van der Waals surface area contributed by atoms with Gasteiger partial charge in [0.05, 0.1) is 12.1 Å². The zero-order chi connectivity index (χ0) is 16.9. The van der Waals surface area contributed by atoms with E-state index in [1.165, 1.54) is 0 Å². The largest absolute Gasteiger partial charge is 0.448 e. The Bertz CT molecular complexity index is 826. The molecule has 0 aliphatic heterocycles. The van der Waals surface area contributed by atoms with E-state index in [1.54, 1.807) is 19.4 Å². The van der Waals surface area contributed by atoms with Gasteiger partial charge in [0, 0.05) is 50.6 Å². The van der Waals surface area contributed by atoms with Crippen molar-refractivity contribution in [2.24, 2.45) is 0 Å². The summed E-state index contributed by atoms with van der Waals surface area (Å²) in [7, 11) is 1.64. The number of amides is 1. The summed E-state index contributed by atoms with van der Waals surface area (Å²) in [5, 5.41) is 2.94. The van der Waals surface area contributed by atoms with Gasteiger partial charge in [-0.05, 0) is 28.1 Å². The summed E-state index contributed by atoms with van der Waals surface area (Å²) < 4.78 is 13.2. The molecule has 3 aromatic heterocycles. The van der Waals surface area contributed by atoms with Crippen LogP contribution in [0.5, 0.6) is 0 Å². The minimum absolute atomic E-state index is 0.135. The molecular formula is C17H18BrN3O3. The summed E-state index contributed by atoms with van der Waals surface area (Å²) in [6.07, 6.45) is 2.44. The number of halogens is 1. The number of methoxy groups -OCH3 is 1. The highest BCUT2D eigenvalue weighted by Crippen LogP contribution is 2.27. The fourth-order valence-electron chi connectivity index (χ4n) is 2.56. The highest BCUT2D eigenvalue weighted by molar-refractivity contribution is 9.10. The molecule has 6 nitrogen and oxygen atoms in total. The van der Waals surface area contributed by atoms with Crippen molar-refractivity contribution in [2.45, 2.75) is 13.0 Å². The maximum Gasteiger partial charge on any atom is 0.268 e. The lowest BCUT2D eigenvalue weighted by Crippen LogP contribution is -2.28. The van der Waals surface area contributed by atoms with E-state index in [0.717, 1.165) is 11.2 Å². The molecule has 0 fully saturated rings. The van der Waals surface area contributed by atoms with Crippen molar-refractivity contribution in [1.29, 1.82) is 0 Å². The SMILES string of the molecule is COCCn1c(C(=O)NCCc2ccccn2)cc2oc(Br)cc21. The molecule has 24 heavy (non-hydrogen) atoms. The van der Waals surface area contributed by atoms with Gasteiger partial charge in [0.1, 0.15) is 5.69 Å². The number of pyridine rings is 1. The van der Waals surface area contributed by atoms with Crippen molar-refractivity contribution in [2.75, 3.05) is 20.3 Å². The minimum Gasteiger partial charge on any atom is -0.448 e. The lowest BCUT2D eigenvalue weighted by molar-refractivity contribution is 0.0942. The van der Waals surface area contributed by atoms with Gasteiger partial charge in [-0.15, -0.1) is 0 Å². The zero-order valence-corrected chi connectivity index (χ0v) is 14.9. The molecule has 3 rings (SSSR count). The van der Waals surface area contributed by atoms with Crippen LogP contribution >= 0.6 is 15.9 Å². The average Bonchev–Trinajstić information content (AvgIpc) is 3.10. The van der Waals surface area contributed by atoms with Gasteiger partial charge in [0.2, 0.25) is 0 Å². The summed E-state index contributed by atoms with van der Waals surface area (Å²) in [6.45, 7) is 1.62. The van der Waals surface area contributed by atoms with Crippen LogP contribution in [-0.4, -0.2) is 35.7 Å². The second kappa shape index (κ2) is 7.63. The van der Waals surface area contributed by atoms with Crippen LogP contribution < -0.4 is 5.32 Å². The second-order valence-corrected chi connectivity index (χ2v) is 6.08. The van der Waals surface area contributed by atoms with Crippen LogP contribution in [0.1, 0.15) is 16.2 Å². The fourth-order valence-corrected chi connectivity index (χ4v) is 2.96. The highest BCUT2D eigenvalue weighted by Gasteiger charge is 2.18. The Morgan fingerprint density at radius 3 is 3.04 bits per heavy atom. The molecule has 126 valence electrons. The van der Waals surface area contributed by atoms with E-state index in [2.05, 4.69) is 26.2 Å². The first-order valence-corrected chi connectivity index (χ1v) is 8.44. The Morgan fingerprint density at radius 1 is 1.42 bits per heavy atom. The fraction of sp³-hybridized carbons (Fsp3) is 0.294. The maximum absolute atomic E-state index is 12.5. The molecule has 0 radical (unpaired) electrons. The summed E-state index contributed by atoms with van der Waals surface area (Å²) in [4.78, 5) is 16.8. The maximum atomic E-state index is 12.5. The van der Waals surface area contributed by atoms with Gasteiger partial charge in [-0.3, -0.25) is 9.78 Å². The van der Waals surface area contributed by atoms with Gasteiger partial charge in [0.25, 0.3) is 5.91 Å². The third-order valence-electron chi connectivity index (χ3n) is 3.70. The molecule has 0 spiro atoms. The van der Waals surface area contributed by atoms with Gasteiger partial charge in [-0.1, -0.05) is 6.07 Å². The number of hydrogen-bond acceptors (Lipinski definition) is 4. The molecule has 0 unspecified atom stereocenters. The van der Waals surface area contributed by atoms with Gasteiger partial charge in [-0.2, -0.15) is 0 Å². The van der Waals surface area contributed by atoms with Crippen molar-refractivity contribution < 1.29 is 13.9 Å². The van der Waals surface area contributed by atoms with E-state index >= 15 is 0 Å². The van der Waals surface area contributed by atoms with Crippen molar-refractivity contribution in [3.8, 4) is 0 Å². The van der Waals surface area contributed by atoms with Crippen molar-refractivity contribution in [1.82, 2.24) is 14.9 Å². The number of carbonyl (C=O) groups is 1. The molecule has 0 bridgehead atoms. The average molecular weight is 392 g/mol. The quantitative estimate of drug-likeness (QED) is 0.671. The Morgan fingerprint density at radius 2 is 2.29 bits per heavy atom. The van der Waals surface area contributed by atoms with E-state index in [1.807, 2.05) is 28.8 Å². The number of nitrogens with zero attached hydrogens (tertiary/aromatic N) is 2. The molecular weight excluding hydrogens is 374 g/mol. The first kappa shape index (κ1) is 16.7. The number of rotatable bonds is 7. The molecule has 0 aliphatic carbocycles. The minimum atomic E-state index is -0.135. The molecule has 0 aromatic carbocycles. The van der Waals surface area contributed by atoms with E-state index in [-0.39, 0.29) is 5.91 Å². The van der Waals surface area contributed by atoms with E-state index in [0.29, 0.717) is 42.1 Å². The van der Waals surface area contributed by atoms with Crippen molar-refractivity contribution >= 4 is 32.9 Å². The Kier molecular flexibility index (Phi) is 5.32. The monoisotopic (exact) mass is 391 g/mol. The lowest BCUT2D eigenvalue weighted by atomic mass is 10.2. The van der Waals surface area contributed by atoms with Crippen LogP contribution in [0.3, 0.4) is 0 Å². The number of fused-ring (bicyclic) bond motifs is 1. The molecule has 1 amide bonds. The molecule has 1 N–H and O–H groups in total. The Labute approximate surface area is 147 Å². The van der Waals surface area contributed by atoms with Crippen LogP contribution in [0, 0.1) is 0 Å². The molecule has 7 heteroatoms. The van der Waals surface area contributed by atoms with Gasteiger partial charge in [-0.25, -0.2) is 0 Å². The third-order valence-corrected chi connectivity index (χ3v) is 4.09. The molecule has 0 saturated heterocycles. The van der Waals surface area contributed by atoms with E-state index < -0.39 is 0 Å². The predicted octanol–water partition coefficient (Wildman–Crippen LogP) is 3.01. The van der Waals surface area contributed by atoms with Crippen LogP contribution in [-0.2, 0) is 17.7 Å². The first-order chi connectivity index (χ1) is 11.7. The number of hydrogen-bond donors (Lipinski definition) is 1. The molecule has 0 saturated carbocycles. The van der Waals surface area contributed by atoms with Gasteiger partial charge >= 0.3 is 0 Å². The predicted molar refractivity (Wildman–Crippen MR) is 94.1 cm³/mol. The molecule has 0 atom stereocenters. The number of aromatic nitrogens is 2. The van der Waals surface area contributed by atoms with Crippen LogP contribution in [0.2, 0.25) is 0 Å². The number of ether oxygens (including phenoxy) is 1. The number of nitrogens with one attached hydrogen (secondary N) is 1. The van der Waals surface area contributed by atoms with E-state index in [9.17, 15) is 4.79 Å². The highest BCUT2D eigenvalue weighted by atomic mass is 79.9. The van der Waals surface area contributed by atoms with Crippen LogP contribution in [0.4, 0.5) is 0 Å². The standard InChI is InChI=1S/C17H18BrN3O3/c1-23-9-8-21-13-11-16(18)24-15(13)10-14(21)17(22)20-7-5-12-4-2-3-6-19-12/h2-4,6,10-11H,5,7-9H2,1H3,(H,20,22). The van der Waals surface area contributed by atoms with Gasteiger partial charge < -0.3 is 19.0 Å². The van der Waals surface area contributed by atoms with Crippen LogP contribution in [0.25, 0.3) is 11.1 Å². The summed E-state index contributed by atoms with van der Waals surface area (Å²) >= 11 is 3.32. The molecule has 3 heterocycles.